The molecule has 4 aromatic rings. The number of imidazole rings is 1. The minimum Gasteiger partial charge on any atom is -0.465 e. The Balaban J connectivity index is 1.70. The molecule has 10 heteroatoms. The summed E-state index contributed by atoms with van der Waals surface area (Å²) in [4.78, 5) is 34.7. The summed E-state index contributed by atoms with van der Waals surface area (Å²) in [6.45, 7) is 5.87. The van der Waals surface area contributed by atoms with Crippen LogP contribution in [-0.4, -0.2) is 40.2 Å². The number of carbonyl (C=O) groups excluding carboxylic acids is 2. The van der Waals surface area contributed by atoms with E-state index in [0.717, 1.165) is 43.5 Å². The van der Waals surface area contributed by atoms with Gasteiger partial charge in [-0.1, -0.05) is 72.4 Å². The number of benzene rings is 2. The van der Waals surface area contributed by atoms with Gasteiger partial charge in [0.15, 0.2) is 11.0 Å². The molecule has 186 valence electrons. The number of rotatable bonds is 8. The molecule has 0 bridgehead atoms. The molecule has 0 saturated carbocycles. The summed E-state index contributed by atoms with van der Waals surface area (Å²) in [5.41, 5.74) is 11.2. The molecule has 0 saturated heterocycles. The minimum atomic E-state index is -0.537. The second-order valence-corrected chi connectivity index (χ2v) is 10.3. The smallest absolute Gasteiger partial charge is 0.350 e. The maximum atomic E-state index is 12.5. The number of fused-ring (bicyclic) bond motifs is 1. The molecule has 0 spiro atoms. The highest BCUT2D eigenvalue weighted by molar-refractivity contribution is 7.99. The summed E-state index contributed by atoms with van der Waals surface area (Å²) >= 11 is 3.05. The quantitative estimate of drug-likeness (QED) is 0.0845. The van der Waals surface area contributed by atoms with E-state index < -0.39 is 5.97 Å². The molecule has 2 aromatic carbocycles. The molecule has 2 aromatic heterocycles. The number of ether oxygens (including phenoxy) is 1. The zero-order valence-electron chi connectivity index (χ0n) is 20.4. The molecule has 36 heavy (non-hydrogen) atoms. The van der Waals surface area contributed by atoms with Crippen LogP contribution >= 0.6 is 23.1 Å². The normalized spacial score (nSPS) is 11.6. The number of aryl methyl sites for hydroxylation is 1. The molecule has 0 fully saturated rings. The van der Waals surface area contributed by atoms with Gasteiger partial charge < -0.3 is 19.9 Å². The minimum absolute atomic E-state index is 0.120. The molecule has 0 amide bonds. The van der Waals surface area contributed by atoms with Gasteiger partial charge in [0.05, 0.1) is 19.2 Å². The van der Waals surface area contributed by atoms with E-state index in [-0.39, 0.29) is 11.8 Å². The molecule has 4 rings (SSSR count). The topological polar surface area (TPSA) is 109 Å². The summed E-state index contributed by atoms with van der Waals surface area (Å²) < 4.78 is 7.12. The zero-order valence-corrected chi connectivity index (χ0v) is 22.0. The number of thiophene rings is 1. The van der Waals surface area contributed by atoms with Crippen LogP contribution in [0.15, 0.2) is 58.8 Å². The highest BCUT2D eigenvalue weighted by atomic mass is 32.2. The number of aromatic nitrogens is 2. The molecule has 0 atom stereocenters. The third-order valence-electron chi connectivity index (χ3n) is 5.46. The first-order chi connectivity index (χ1) is 17.3. The molecule has 0 radical (unpaired) electrons. The van der Waals surface area contributed by atoms with Gasteiger partial charge in [0, 0.05) is 17.4 Å². The van der Waals surface area contributed by atoms with E-state index in [0.29, 0.717) is 17.0 Å². The van der Waals surface area contributed by atoms with Gasteiger partial charge in [-0.2, -0.15) is 0 Å². The number of oxime groups is 1. The van der Waals surface area contributed by atoms with Crippen LogP contribution in [0, 0.1) is 6.92 Å². The van der Waals surface area contributed by atoms with E-state index in [1.54, 1.807) is 11.8 Å². The summed E-state index contributed by atoms with van der Waals surface area (Å²) in [5.74, 6) is 0.0920. The van der Waals surface area contributed by atoms with E-state index in [1.165, 1.54) is 25.4 Å². The first-order valence-corrected chi connectivity index (χ1v) is 13.0. The lowest BCUT2D eigenvalue weighted by Crippen LogP contribution is -2.15. The van der Waals surface area contributed by atoms with E-state index in [2.05, 4.69) is 16.6 Å². The van der Waals surface area contributed by atoms with Gasteiger partial charge in [0.2, 0.25) is 0 Å². The number of carbonyl (C=O) groups is 2. The average molecular weight is 523 g/mol. The van der Waals surface area contributed by atoms with Crippen LogP contribution in [0.5, 0.6) is 0 Å². The van der Waals surface area contributed by atoms with Crippen LogP contribution in [0.3, 0.4) is 0 Å². The summed E-state index contributed by atoms with van der Waals surface area (Å²) in [5, 5.41) is 4.60. The largest absolute Gasteiger partial charge is 0.465 e. The first-order valence-electron chi connectivity index (χ1n) is 11.2. The van der Waals surface area contributed by atoms with Crippen molar-refractivity contribution in [2.75, 3.05) is 12.9 Å². The van der Waals surface area contributed by atoms with Crippen LogP contribution in [-0.2, 0) is 20.9 Å². The fourth-order valence-electron chi connectivity index (χ4n) is 3.87. The molecule has 0 aliphatic carbocycles. The van der Waals surface area contributed by atoms with Crippen molar-refractivity contribution in [2.45, 2.75) is 32.5 Å². The van der Waals surface area contributed by atoms with Crippen LogP contribution in [0.2, 0.25) is 0 Å². The molecule has 2 heterocycles. The van der Waals surface area contributed by atoms with Gasteiger partial charge >= 0.3 is 11.9 Å². The molecule has 8 nitrogen and oxygen atoms in total. The number of thioether (sulfide) groups is 1. The van der Waals surface area contributed by atoms with Gasteiger partial charge in [-0.25, -0.2) is 14.6 Å². The molecule has 0 aliphatic rings. The average Bonchev–Trinajstić information content (AvgIpc) is 3.39. The van der Waals surface area contributed by atoms with E-state index in [4.69, 9.17) is 20.3 Å². The highest BCUT2D eigenvalue weighted by Gasteiger charge is 2.24. The lowest BCUT2D eigenvalue weighted by Gasteiger charge is -2.12. The predicted molar refractivity (Wildman–Crippen MR) is 144 cm³/mol. The second kappa shape index (κ2) is 11.0. The van der Waals surface area contributed by atoms with Gasteiger partial charge in [-0.3, -0.25) is 0 Å². The van der Waals surface area contributed by atoms with Crippen molar-refractivity contribution in [3.05, 3.63) is 69.4 Å². The van der Waals surface area contributed by atoms with Crippen molar-refractivity contribution in [2.24, 2.45) is 10.9 Å². The molecular formula is C26H26N4O4S2. The predicted octanol–water partition coefficient (Wildman–Crippen LogP) is 5.20. The zero-order chi connectivity index (χ0) is 25.8. The van der Waals surface area contributed by atoms with Gasteiger partial charge in [0.25, 0.3) is 0 Å². The Hall–Kier alpha value is -3.63. The third-order valence-corrected chi connectivity index (χ3v) is 7.38. The van der Waals surface area contributed by atoms with Crippen LogP contribution in [0.1, 0.15) is 39.5 Å². The van der Waals surface area contributed by atoms with E-state index >= 15 is 0 Å². The SMILES string of the molecule is CCSc1nc2c(C)sc(C(=O)OC)c2n1Cc1ccc(-c2ccccc2/C(N)=N/OC(C)=O)cc1. The number of hydrogen-bond acceptors (Lipinski definition) is 8. The van der Waals surface area contributed by atoms with E-state index in [1.807, 2.05) is 55.5 Å². The van der Waals surface area contributed by atoms with Crippen molar-refractivity contribution in [3.63, 3.8) is 0 Å². The Morgan fingerprint density at radius 1 is 1.17 bits per heavy atom. The van der Waals surface area contributed by atoms with Crippen molar-refractivity contribution in [1.29, 1.82) is 0 Å². The number of methoxy groups -OCH3 is 1. The van der Waals surface area contributed by atoms with Crippen molar-refractivity contribution < 1.29 is 19.2 Å². The number of hydrogen-bond donors (Lipinski definition) is 1. The lowest BCUT2D eigenvalue weighted by atomic mass is 9.98. The van der Waals surface area contributed by atoms with Crippen molar-refractivity contribution in [3.8, 4) is 11.1 Å². The number of nitrogens with zero attached hydrogens (tertiary/aromatic N) is 3. The first kappa shape index (κ1) is 25.5. The van der Waals surface area contributed by atoms with Crippen molar-refractivity contribution >= 4 is 51.9 Å². The van der Waals surface area contributed by atoms with E-state index in [9.17, 15) is 9.59 Å². The van der Waals surface area contributed by atoms with Crippen LogP contribution < -0.4 is 5.73 Å². The monoisotopic (exact) mass is 522 g/mol. The highest BCUT2D eigenvalue weighted by Crippen LogP contribution is 2.35. The molecular weight excluding hydrogens is 496 g/mol. The summed E-state index contributed by atoms with van der Waals surface area (Å²) in [6.07, 6.45) is 0. The second-order valence-electron chi connectivity index (χ2n) is 7.89. The summed E-state index contributed by atoms with van der Waals surface area (Å²) in [6, 6.07) is 15.6. The third kappa shape index (κ3) is 5.14. The van der Waals surface area contributed by atoms with Crippen LogP contribution in [0.4, 0.5) is 0 Å². The summed E-state index contributed by atoms with van der Waals surface area (Å²) in [7, 11) is 1.39. The molecule has 0 unspecified atom stereocenters. The Kier molecular flexibility index (Phi) is 7.76. The number of amidine groups is 1. The standard InChI is InChI=1S/C26H26N4O4S2/c1-5-35-26-28-21-15(2)36-23(25(32)33-4)22(21)30(26)14-17-10-12-18(13-11-17)19-8-6-7-9-20(19)24(27)29-34-16(3)31/h6-13H,5,14H2,1-4H3,(H2,27,29). The Bertz CT molecular complexity index is 1450. The fourth-order valence-corrected chi connectivity index (χ4v) is 5.61. The lowest BCUT2D eigenvalue weighted by molar-refractivity contribution is -0.140. The van der Waals surface area contributed by atoms with Crippen molar-refractivity contribution in [1.82, 2.24) is 9.55 Å². The molecule has 0 aliphatic heterocycles. The Morgan fingerprint density at radius 2 is 1.89 bits per heavy atom. The Morgan fingerprint density at radius 3 is 2.56 bits per heavy atom. The maximum Gasteiger partial charge on any atom is 0.350 e. The number of nitrogens with two attached hydrogens (primary N) is 1. The van der Waals surface area contributed by atoms with Gasteiger partial charge in [0.1, 0.15) is 10.4 Å². The maximum absolute atomic E-state index is 12.5. The number of esters is 1. The van der Waals surface area contributed by atoms with Gasteiger partial charge in [-0.15, -0.1) is 11.3 Å². The van der Waals surface area contributed by atoms with Crippen LogP contribution in [0.25, 0.3) is 22.2 Å². The van der Waals surface area contributed by atoms with Gasteiger partial charge in [-0.05, 0) is 29.4 Å². The molecule has 2 N–H and O–H groups in total. The fraction of sp³-hybridized carbons (Fsp3) is 0.231. The Labute approximate surface area is 217 Å².